The highest BCUT2D eigenvalue weighted by molar-refractivity contribution is 5.94. The summed E-state index contributed by atoms with van der Waals surface area (Å²) in [5.74, 6) is 0.874. The summed E-state index contributed by atoms with van der Waals surface area (Å²) in [5, 5.41) is 10.2. The molecule has 110 valence electrons. The van der Waals surface area contributed by atoms with Gasteiger partial charge >= 0.3 is 0 Å². The lowest BCUT2D eigenvalue weighted by Gasteiger charge is -2.22. The molecule has 5 heteroatoms. The van der Waals surface area contributed by atoms with E-state index in [-0.39, 0.29) is 12.0 Å². The van der Waals surface area contributed by atoms with Crippen molar-refractivity contribution in [2.24, 2.45) is 11.8 Å². The van der Waals surface area contributed by atoms with Gasteiger partial charge in [0, 0.05) is 30.3 Å². The predicted molar refractivity (Wildman–Crippen MR) is 75.6 cm³/mol. The summed E-state index contributed by atoms with van der Waals surface area (Å²) < 4.78 is 5.75. The van der Waals surface area contributed by atoms with Crippen LogP contribution in [0.1, 0.15) is 48.4 Å². The van der Waals surface area contributed by atoms with Gasteiger partial charge in [0.1, 0.15) is 0 Å². The maximum atomic E-state index is 12.3. The molecule has 1 aromatic rings. The average Bonchev–Trinajstić information content (AvgIpc) is 3.11. The van der Waals surface area contributed by atoms with Gasteiger partial charge in [0.2, 0.25) is 0 Å². The van der Waals surface area contributed by atoms with Crippen LogP contribution in [0.2, 0.25) is 0 Å². The van der Waals surface area contributed by atoms with Gasteiger partial charge < -0.3 is 10.1 Å². The van der Waals surface area contributed by atoms with Crippen LogP contribution in [0.3, 0.4) is 0 Å². The number of nitrogens with zero attached hydrogens (tertiary/aromatic N) is 1. The van der Waals surface area contributed by atoms with E-state index in [1.807, 2.05) is 0 Å². The molecule has 1 amide bonds. The molecule has 20 heavy (non-hydrogen) atoms. The Morgan fingerprint density at radius 2 is 2.35 bits per heavy atom. The summed E-state index contributed by atoms with van der Waals surface area (Å²) >= 11 is 0. The molecule has 2 atom stereocenters. The van der Waals surface area contributed by atoms with Gasteiger partial charge in [-0.3, -0.25) is 9.89 Å². The maximum Gasteiger partial charge on any atom is 0.272 e. The van der Waals surface area contributed by atoms with Gasteiger partial charge in [0.05, 0.1) is 6.10 Å². The van der Waals surface area contributed by atoms with E-state index in [9.17, 15) is 4.79 Å². The summed E-state index contributed by atoms with van der Waals surface area (Å²) in [5.41, 5.74) is 2.85. The zero-order valence-corrected chi connectivity index (χ0v) is 12.2. The molecule has 2 N–H and O–H groups in total. The molecular formula is C15H23N3O2. The Hall–Kier alpha value is -1.36. The van der Waals surface area contributed by atoms with Gasteiger partial charge in [-0.25, -0.2) is 0 Å². The molecule has 0 radical (unpaired) electrons. The number of aromatic amines is 1. The zero-order chi connectivity index (χ0) is 14.1. The van der Waals surface area contributed by atoms with Crippen molar-refractivity contribution < 1.29 is 9.53 Å². The molecule has 3 rings (SSSR count). The molecule has 1 aliphatic carbocycles. The first-order valence-electron chi connectivity index (χ1n) is 7.62. The zero-order valence-electron chi connectivity index (χ0n) is 12.2. The van der Waals surface area contributed by atoms with Crippen LogP contribution in [0.15, 0.2) is 0 Å². The monoisotopic (exact) mass is 277 g/mol. The maximum absolute atomic E-state index is 12.3. The quantitative estimate of drug-likeness (QED) is 0.880. The van der Waals surface area contributed by atoms with Gasteiger partial charge in [0.15, 0.2) is 5.69 Å². The number of hydrogen-bond donors (Lipinski definition) is 2. The van der Waals surface area contributed by atoms with E-state index < -0.39 is 0 Å². The van der Waals surface area contributed by atoms with Gasteiger partial charge in [0.25, 0.3) is 5.91 Å². The molecule has 0 saturated carbocycles. The fourth-order valence-corrected chi connectivity index (χ4v) is 3.43. The number of nitrogens with one attached hydrogen (secondary N) is 2. The van der Waals surface area contributed by atoms with Crippen LogP contribution in [0.5, 0.6) is 0 Å². The van der Waals surface area contributed by atoms with E-state index in [1.165, 1.54) is 0 Å². The van der Waals surface area contributed by atoms with Crippen molar-refractivity contribution in [3.05, 3.63) is 17.0 Å². The summed E-state index contributed by atoms with van der Waals surface area (Å²) in [6.45, 7) is 5.83. The Bertz CT molecular complexity index is 495. The van der Waals surface area contributed by atoms with Crippen LogP contribution in [0, 0.1) is 11.8 Å². The molecule has 2 aliphatic rings. The molecule has 0 bridgehead atoms. The lowest BCUT2D eigenvalue weighted by Crippen LogP contribution is -2.35. The Morgan fingerprint density at radius 1 is 1.50 bits per heavy atom. The van der Waals surface area contributed by atoms with Crippen molar-refractivity contribution in [1.29, 1.82) is 0 Å². The van der Waals surface area contributed by atoms with Crippen LogP contribution < -0.4 is 5.32 Å². The van der Waals surface area contributed by atoms with Crippen molar-refractivity contribution in [3.8, 4) is 0 Å². The molecule has 5 nitrogen and oxygen atoms in total. The fourth-order valence-electron chi connectivity index (χ4n) is 3.43. The average molecular weight is 277 g/mol. The molecule has 0 aromatic carbocycles. The number of rotatable bonds is 4. The first-order chi connectivity index (χ1) is 9.66. The number of carbonyl (C=O) groups excluding carboxylic acids is 1. The SMILES string of the molecule is CC(C)[C@H]1OCC[C@@H]1CNC(=O)c1n[nH]c2c1CCC2. The van der Waals surface area contributed by atoms with E-state index in [0.717, 1.165) is 43.5 Å². The smallest absolute Gasteiger partial charge is 0.272 e. The number of H-pyrrole nitrogens is 1. The van der Waals surface area contributed by atoms with Crippen molar-refractivity contribution >= 4 is 5.91 Å². The number of aromatic nitrogens is 2. The Kier molecular flexibility index (Phi) is 3.78. The highest BCUT2D eigenvalue weighted by atomic mass is 16.5. The highest BCUT2D eigenvalue weighted by Crippen LogP contribution is 2.26. The number of amides is 1. The molecule has 1 saturated heterocycles. The van der Waals surface area contributed by atoms with Crippen molar-refractivity contribution in [2.75, 3.05) is 13.2 Å². The summed E-state index contributed by atoms with van der Waals surface area (Å²) in [4.78, 5) is 12.3. The third kappa shape index (κ3) is 2.46. The van der Waals surface area contributed by atoms with E-state index in [1.54, 1.807) is 0 Å². The van der Waals surface area contributed by atoms with E-state index in [2.05, 4.69) is 29.4 Å². The molecule has 2 heterocycles. The molecule has 1 fully saturated rings. The van der Waals surface area contributed by atoms with Gasteiger partial charge in [-0.1, -0.05) is 13.8 Å². The van der Waals surface area contributed by atoms with Crippen LogP contribution in [-0.2, 0) is 17.6 Å². The highest BCUT2D eigenvalue weighted by Gasteiger charge is 2.31. The van der Waals surface area contributed by atoms with Crippen molar-refractivity contribution in [1.82, 2.24) is 15.5 Å². The fraction of sp³-hybridized carbons (Fsp3) is 0.733. The van der Waals surface area contributed by atoms with Crippen LogP contribution >= 0.6 is 0 Å². The normalized spacial score (nSPS) is 25.1. The predicted octanol–water partition coefficient (Wildman–Crippen LogP) is 1.69. The second-order valence-corrected chi connectivity index (χ2v) is 6.22. The van der Waals surface area contributed by atoms with Crippen LogP contribution in [-0.4, -0.2) is 35.4 Å². The van der Waals surface area contributed by atoms with Crippen molar-refractivity contribution in [3.63, 3.8) is 0 Å². The first kappa shape index (κ1) is 13.6. The third-order valence-corrected chi connectivity index (χ3v) is 4.47. The van der Waals surface area contributed by atoms with E-state index in [4.69, 9.17) is 4.74 Å². The molecular weight excluding hydrogens is 254 g/mol. The lowest BCUT2D eigenvalue weighted by atomic mass is 9.93. The molecule has 1 aliphatic heterocycles. The minimum atomic E-state index is -0.0428. The third-order valence-electron chi connectivity index (χ3n) is 4.47. The van der Waals surface area contributed by atoms with Gasteiger partial charge in [-0.05, 0) is 31.6 Å². The Morgan fingerprint density at radius 3 is 3.15 bits per heavy atom. The largest absolute Gasteiger partial charge is 0.378 e. The Labute approximate surface area is 119 Å². The van der Waals surface area contributed by atoms with Crippen molar-refractivity contribution in [2.45, 2.75) is 45.6 Å². The molecule has 1 aromatic heterocycles. The van der Waals surface area contributed by atoms with E-state index in [0.29, 0.717) is 24.1 Å². The summed E-state index contributed by atoms with van der Waals surface area (Å²) in [7, 11) is 0. The van der Waals surface area contributed by atoms with Crippen LogP contribution in [0.4, 0.5) is 0 Å². The van der Waals surface area contributed by atoms with Gasteiger partial charge in [-0.2, -0.15) is 5.10 Å². The second kappa shape index (κ2) is 5.56. The number of ether oxygens (including phenoxy) is 1. The molecule has 0 spiro atoms. The minimum Gasteiger partial charge on any atom is -0.378 e. The Balaban J connectivity index is 1.59. The van der Waals surface area contributed by atoms with Gasteiger partial charge in [-0.15, -0.1) is 0 Å². The topological polar surface area (TPSA) is 67.0 Å². The molecule has 0 unspecified atom stereocenters. The standard InChI is InChI=1S/C15H23N3O2/c1-9(2)14-10(6-7-20-14)8-16-15(19)13-11-4-3-5-12(11)17-18-13/h9-10,14H,3-8H2,1-2H3,(H,16,19)(H,17,18)/t10-,14-/m1/s1. The number of hydrogen-bond acceptors (Lipinski definition) is 3. The second-order valence-electron chi connectivity index (χ2n) is 6.22. The summed E-state index contributed by atoms with van der Waals surface area (Å²) in [6.07, 6.45) is 4.40. The number of fused-ring (bicyclic) bond motifs is 1. The van der Waals surface area contributed by atoms with Crippen LogP contribution in [0.25, 0.3) is 0 Å². The first-order valence-corrected chi connectivity index (χ1v) is 7.62. The number of carbonyl (C=O) groups is 1. The summed E-state index contributed by atoms with van der Waals surface area (Å²) in [6, 6.07) is 0. The minimum absolute atomic E-state index is 0.0428. The number of aryl methyl sites for hydroxylation is 1. The lowest BCUT2D eigenvalue weighted by molar-refractivity contribution is 0.0533. The van der Waals surface area contributed by atoms with E-state index >= 15 is 0 Å².